The van der Waals surface area contributed by atoms with Gasteiger partial charge in [0.1, 0.15) is 5.75 Å². The SMILES string of the molecule is CCCOc1ccc(C(N)C(C)C)cc1Cl. The van der Waals surface area contributed by atoms with Crippen LogP contribution in [-0.4, -0.2) is 6.61 Å². The fourth-order valence-electron chi connectivity index (χ4n) is 1.44. The molecule has 1 aromatic rings. The van der Waals surface area contributed by atoms with Crippen LogP contribution in [-0.2, 0) is 0 Å². The van der Waals surface area contributed by atoms with Crippen molar-refractivity contribution in [3.8, 4) is 5.75 Å². The molecule has 0 aliphatic heterocycles. The van der Waals surface area contributed by atoms with E-state index in [0.717, 1.165) is 17.7 Å². The molecule has 1 rings (SSSR count). The third-order valence-corrected chi connectivity index (χ3v) is 2.82. The molecule has 2 N–H and O–H groups in total. The Morgan fingerprint density at radius 3 is 2.56 bits per heavy atom. The van der Waals surface area contributed by atoms with Gasteiger partial charge >= 0.3 is 0 Å². The van der Waals surface area contributed by atoms with Crippen molar-refractivity contribution >= 4 is 11.6 Å². The van der Waals surface area contributed by atoms with Crippen LogP contribution < -0.4 is 10.5 Å². The second-order valence-corrected chi connectivity index (χ2v) is 4.72. The van der Waals surface area contributed by atoms with Crippen LogP contribution in [0.3, 0.4) is 0 Å². The average Bonchev–Trinajstić information content (AvgIpc) is 2.26. The number of rotatable bonds is 5. The van der Waals surface area contributed by atoms with Gasteiger partial charge in [-0.3, -0.25) is 0 Å². The summed E-state index contributed by atoms with van der Waals surface area (Å²) in [5, 5.41) is 0.641. The zero-order valence-corrected chi connectivity index (χ0v) is 10.9. The summed E-state index contributed by atoms with van der Waals surface area (Å²) in [6.07, 6.45) is 0.976. The maximum Gasteiger partial charge on any atom is 0.137 e. The Bertz CT molecular complexity index is 339. The summed E-state index contributed by atoms with van der Waals surface area (Å²) in [4.78, 5) is 0. The van der Waals surface area contributed by atoms with Gasteiger partial charge in [0.15, 0.2) is 0 Å². The molecule has 16 heavy (non-hydrogen) atoms. The van der Waals surface area contributed by atoms with Gasteiger partial charge in [0.05, 0.1) is 11.6 Å². The first-order chi connectivity index (χ1) is 7.56. The molecular formula is C13H20ClNO. The lowest BCUT2D eigenvalue weighted by Gasteiger charge is -2.17. The highest BCUT2D eigenvalue weighted by molar-refractivity contribution is 6.32. The summed E-state index contributed by atoms with van der Waals surface area (Å²) >= 11 is 6.13. The summed E-state index contributed by atoms with van der Waals surface area (Å²) in [6.45, 7) is 6.95. The lowest BCUT2D eigenvalue weighted by atomic mass is 9.97. The summed E-state index contributed by atoms with van der Waals surface area (Å²) < 4.78 is 5.51. The van der Waals surface area contributed by atoms with Crippen LogP contribution in [0.4, 0.5) is 0 Å². The van der Waals surface area contributed by atoms with Crippen molar-refractivity contribution < 1.29 is 4.74 Å². The lowest BCUT2D eigenvalue weighted by molar-refractivity contribution is 0.317. The molecule has 3 heteroatoms. The average molecular weight is 242 g/mol. The van der Waals surface area contributed by atoms with Crippen molar-refractivity contribution in [3.05, 3.63) is 28.8 Å². The number of ether oxygens (including phenoxy) is 1. The van der Waals surface area contributed by atoms with Gasteiger partial charge in [0, 0.05) is 6.04 Å². The first kappa shape index (κ1) is 13.3. The van der Waals surface area contributed by atoms with Crippen molar-refractivity contribution in [2.75, 3.05) is 6.61 Å². The minimum Gasteiger partial charge on any atom is -0.492 e. The molecule has 0 heterocycles. The molecule has 0 fully saturated rings. The Labute approximate surface area is 103 Å². The highest BCUT2D eigenvalue weighted by atomic mass is 35.5. The maximum absolute atomic E-state index is 6.13. The van der Waals surface area contributed by atoms with Gasteiger partial charge in [-0.15, -0.1) is 0 Å². The molecule has 90 valence electrons. The van der Waals surface area contributed by atoms with Crippen molar-refractivity contribution in [1.29, 1.82) is 0 Å². The molecule has 2 nitrogen and oxygen atoms in total. The van der Waals surface area contributed by atoms with Crippen LogP contribution in [0.1, 0.15) is 38.8 Å². The van der Waals surface area contributed by atoms with Crippen LogP contribution in [0.2, 0.25) is 5.02 Å². The van der Waals surface area contributed by atoms with Crippen molar-refractivity contribution in [3.63, 3.8) is 0 Å². The molecule has 0 bridgehead atoms. The third kappa shape index (κ3) is 3.39. The highest BCUT2D eigenvalue weighted by Crippen LogP contribution is 2.29. The van der Waals surface area contributed by atoms with Gasteiger partial charge in [-0.25, -0.2) is 0 Å². The van der Waals surface area contributed by atoms with Gasteiger partial charge in [-0.05, 0) is 30.0 Å². The molecular weight excluding hydrogens is 222 g/mol. The predicted molar refractivity (Wildman–Crippen MR) is 69.0 cm³/mol. The number of nitrogens with two attached hydrogens (primary N) is 1. The Kier molecular flexibility index (Phi) is 5.10. The van der Waals surface area contributed by atoms with E-state index in [9.17, 15) is 0 Å². The van der Waals surface area contributed by atoms with Crippen LogP contribution in [0.15, 0.2) is 18.2 Å². The van der Waals surface area contributed by atoms with E-state index in [1.54, 1.807) is 0 Å². The Balaban J connectivity index is 2.82. The summed E-state index contributed by atoms with van der Waals surface area (Å²) in [6, 6.07) is 5.81. The Hall–Kier alpha value is -0.730. The molecule has 0 radical (unpaired) electrons. The van der Waals surface area contributed by atoms with E-state index in [1.165, 1.54) is 0 Å². The van der Waals surface area contributed by atoms with E-state index >= 15 is 0 Å². The van der Waals surface area contributed by atoms with Gasteiger partial charge in [-0.2, -0.15) is 0 Å². The van der Waals surface area contributed by atoms with E-state index in [4.69, 9.17) is 22.1 Å². The second-order valence-electron chi connectivity index (χ2n) is 4.31. The van der Waals surface area contributed by atoms with Crippen LogP contribution >= 0.6 is 11.6 Å². The van der Waals surface area contributed by atoms with Crippen molar-refractivity contribution in [2.45, 2.75) is 33.2 Å². The molecule has 1 unspecified atom stereocenters. The molecule has 0 aliphatic carbocycles. The zero-order chi connectivity index (χ0) is 12.1. The lowest BCUT2D eigenvalue weighted by Crippen LogP contribution is -2.16. The minimum absolute atomic E-state index is 0.0257. The predicted octanol–water partition coefficient (Wildman–Crippen LogP) is 3.78. The molecule has 1 atom stereocenters. The van der Waals surface area contributed by atoms with Crippen LogP contribution in [0, 0.1) is 5.92 Å². The standard InChI is InChI=1S/C13H20ClNO/c1-4-7-16-12-6-5-10(8-11(12)14)13(15)9(2)3/h5-6,8-9,13H,4,7,15H2,1-3H3. The normalized spacial score (nSPS) is 12.9. The number of hydrogen-bond donors (Lipinski definition) is 1. The Morgan fingerprint density at radius 1 is 1.38 bits per heavy atom. The highest BCUT2D eigenvalue weighted by Gasteiger charge is 2.12. The van der Waals surface area contributed by atoms with E-state index in [-0.39, 0.29) is 6.04 Å². The van der Waals surface area contributed by atoms with Crippen LogP contribution in [0.25, 0.3) is 0 Å². The summed E-state index contributed by atoms with van der Waals surface area (Å²) in [5.41, 5.74) is 7.12. The van der Waals surface area contributed by atoms with Crippen molar-refractivity contribution in [2.24, 2.45) is 11.7 Å². The fraction of sp³-hybridized carbons (Fsp3) is 0.538. The minimum atomic E-state index is 0.0257. The van der Waals surface area contributed by atoms with Gasteiger partial charge in [-0.1, -0.05) is 38.4 Å². The van der Waals surface area contributed by atoms with E-state index in [1.807, 2.05) is 18.2 Å². The first-order valence-electron chi connectivity index (χ1n) is 5.74. The van der Waals surface area contributed by atoms with Crippen LogP contribution in [0.5, 0.6) is 5.75 Å². The number of halogens is 1. The summed E-state index contributed by atoms with van der Waals surface area (Å²) in [5.74, 6) is 1.14. The van der Waals surface area contributed by atoms with E-state index < -0.39 is 0 Å². The van der Waals surface area contributed by atoms with Gasteiger partial charge < -0.3 is 10.5 Å². The summed E-state index contributed by atoms with van der Waals surface area (Å²) in [7, 11) is 0. The number of benzene rings is 1. The molecule has 0 saturated heterocycles. The van der Waals surface area contributed by atoms with Gasteiger partial charge in [0.2, 0.25) is 0 Å². The quantitative estimate of drug-likeness (QED) is 0.852. The monoisotopic (exact) mass is 241 g/mol. The topological polar surface area (TPSA) is 35.2 Å². The largest absolute Gasteiger partial charge is 0.492 e. The third-order valence-electron chi connectivity index (χ3n) is 2.52. The Morgan fingerprint density at radius 2 is 2.06 bits per heavy atom. The molecule has 0 aliphatic rings. The van der Waals surface area contributed by atoms with E-state index in [2.05, 4.69) is 20.8 Å². The van der Waals surface area contributed by atoms with Gasteiger partial charge in [0.25, 0.3) is 0 Å². The maximum atomic E-state index is 6.13. The van der Waals surface area contributed by atoms with Crippen molar-refractivity contribution in [1.82, 2.24) is 0 Å². The fourth-order valence-corrected chi connectivity index (χ4v) is 1.68. The van der Waals surface area contributed by atoms with E-state index in [0.29, 0.717) is 17.5 Å². The smallest absolute Gasteiger partial charge is 0.137 e. The zero-order valence-electron chi connectivity index (χ0n) is 10.2. The molecule has 0 aromatic heterocycles. The molecule has 0 spiro atoms. The number of hydrogen-bond acceptors (Lipinski definition) is 2. The molecule has 0 saturated carbocycles. The molecule has 0 amide bonds. The molecule has 1 aromatic carbocycles. The first-order valence-corrected chi connectivity index (χ1v) is 6.11. The second kappa shape index (κ2) is 6.12.